The van der Waals surface area contributed by atoms with Crippen molar-refractivity contribution in [2.75, 3.05) is 18.8 Å². The molecule has 1 amide bonds. The first-order valence-corrected chi connectivity index (χ1v) is 11.5. The number of carbonyl (C=O) groups is 1. The highest BCUT2D eigenvalue weighted by Gasteiger charge is 2.28. The zero-order chi connectivity index (χ0) is 24.4. The van der Waals surface area contributed by atoms with Crippen molar-refractivity contribution in [1.29, 1.82) is 5.26 Å². The number of nitrogen functional groups attached to an aromatic ring is 1. The van der Waals surface area contributed by atoms with E-state index in [4.69, 9.17) is 16.2 Å². The number of piperidine rings is 1. The van der Waals surface area contributed by atoms with Crippen LogP contribution in [0.15, 0.2) is 42.5 Å². The van der Waals surface area contributed by atoms with Crippen molar-refractivity contribution in [3.63, 3.8) is 0 Å². The number of anilines is 1. The fraction of sp³-hybridized carbons (Fsp3) is 0.346. The highest BCUT2D eigenvalue weighted by atomic mass is 16.5. The summed E-state index contributed by atoms with van der Waals surface area (Å²) in [6.45, 7) is 7.61. The number of carbonyl (C=O) groups excluding carboxylic acids is 1. The number of amides is 1. The van der Waals surface area contributed by atoms with E-state index in [9.17, 15) is 10.1 Å². The molecule has 0 bridgehead atoms. The van der Waals surface area contributed by atoms with Gasteiger partial charge in [0.1, 0.15) is 28.6 Å². The number of aromatic nitrogens is 2. The Balaban J connectivity index is 1.67. The summed E-state index contributed by atoms with van der Waals surface area (Å²) < 4.78 is 7.75. The third-order valence-electron chi connectivity index (χ3n) is 6.28. The molecule has 0 aliphatic carbocycles. The SMILES string of the molecule is Cc1cc(Oc2cccc(-c3nn(C4CCCN(C#N)C4)c(N)c3C(N)=O)c2)ccc1C(C)C. The molecule has 0 spiro atoms. The average molecular weight is 459 g/mol. The van der Waals surface area contributed by atoms with Gasteiger partial charge in [-0.1, -0.05) is 32.0 Å². The van der Waals surface area contributed by atoms with Gasteiger partial charge in [0.15, 0.2) is 6.19 Å². The summed E-state index contributed by atoms with van der Waals surface area (Å²) in [6.07, 6.45) is 3.85. The van der Waals surface area contributed by atoms with Crippen LogP contribution in [0.4, 0.5) is 5.82 Å². The van der Waals surface area contributed by atoms with Gasteiger partial charge in [0.25, 0.3) is 5.91 Å². The quantitative estimate of drug-likeness (QED) is 0.522. The van der Waals surface area contributed by atoms with Gasteiger partial charge in [-0.2, -0.15) is 10.4 Å². The molecular weight excluding hydrogens is 428 g/mol. The number of ether oxygens (including phenoxy) is 1. The van der Waals surface area contributed by atoms with Crippen LogP contribution in [-0.4, -0.2) is 33.7 Å². The van der Waals surface area contributed by atoms with Crippen molar-refractivity contribution in [3.05, 3.63) is 59.2 Å². The van der Waals surface area contributed by atoms with Gasteiger partial charge in [0.2, 0.25) is 0 Å². The zero-order valence-corrected chi connectivity index (χ0v) is 19.8. The van der Waals surface area contributed by atoms with Crippen molar-refractivity contribution in [3.8, 4) is 28.9 Å². The Hall–Kier alpha value is -3.99. The molecule has 2 aromatic carbocycles. The normalized spacial score (nSPS) is 15.9. The fourth-order valence-corrected chi connectivity index (χ4v) is 4.62. The van der Waals surface area contributed by atoms with E-state index >= 15 is 0 Å². The number of nitrogens with two attached hydrogens (primary N) is 2. The number of benzene rings is 2. The number of aryl methyl sites for hydroxylation is 1. The first-order chi connectivity index (χ1) is 16.3. The molecule has 3 aromatic rings. The van der Waals surface area contributed by atoms with Crippen LogP contribution >= 0.6 is 0 Å². The molecular formula is C26H30N6O2. The number of nitriles is 1. The summed E-state index contributed by atoms with van der Waals surface area (Å²) in [5.74, 6) is 1.37. The van der Waals surface area contributed by atoms with E-state index in [1.807, 2.05) is 36.4 Å². The van der Waals surface area contributed by atoms with Gasteiger partial charge in [0, 0.05) is 12.1 Å². The molecule has 1 unspecified atom stereocenters. The van der Waals surface area contributed by atoms with E-state index < -0.39 is 5.91 Å². The summed E-state index contributed by atoms with van der Waals surface area (Å²) in [7, 11) is 0. The van der Waals surface area contributed by atoms with E-state index in [0.717, 1.165) is 18.6 Å². The van der Waals surface area contributed by atoms with E-state index in [-0.39, 0.29) is 17.4 Å². The van der Waals surface area contributed by atoms with Crippen molar-refractivity contribution in [1.82, 2.24) is 14.7 Å². The second-order valence-corrected chi connectivity index (χ2v) is 9.06. The molecule has 2 heterocycles. The summed E-state index contributed by atoms with van der Waals surface area (Å²) in [4.78, 5) is 14.0. The Morgan fingerprint density at radius 2 is 2.00 bits per heavy atom. The van der Waals surface area contributed by atoms with Crippen LogP contribution in [0.5, 0.6) is 11.5 Å². The monoisotopic (exact) mass is 458 g/mol. The third kappa shape index (κ3) is 4.55. The van der Waals surface area contributed by atoms with Crippen molar-refractivity contribution >= 4 is 11.7 Å². The Morgan fingerprint density at radius 3 is 2.68 bits per heavy atom. The largest absolute Gasteiger partial charge is 0.457 e. The Morgan fingerprint density at radius 1 is 1.24 bits per heavy atom. The number of rotatable bonds is 6. The lowest BCUT2D eigenvalue weighted by Crippen LogP contribution is -2.34. The number of likely N-dealkylation sites (tertiary alicyclic amines) is 1. The minimum absolute atomic E-state index is 0.109. The maximum Gasteiger partial charge on any atom is 0.254 e. The van der Waals surface area contributed by atoms with Crippen LogP contribution in [0.1, 0.15) is 60.1 Å². The van der Waals surface area contributed by atoms with Gasteiger partial charge in [0.05, 0.1) is 12.6 Å². The topological polar surface area (TPSA) is 123 Å². The Kier molecular flexibility index (Phi) is 6.46. The molecule has 8 nitrogen and oxygen atoms in total. The van der Waals surface area contributed by atoms with Crippen LogP contribution < -0.4 is 16.2 Å². The lowest BCUT2D eigenvalue weighted by atomic mass is 9.98. The molecule has 0 saturated carbocycles. The first kappa shape index (κ1) is 23.2. The highest BCUT2D eigenvalue weighted by molar-refractivity contribution is 6.03. The number of hydrogen-bond donors (Lipinski definition) is 2. The standard InChI is InChI=1S/C26H30N6O2/c1-16(2)22-10-9-21(12-17(22)3)34-20-8-4-6-18(13-20)24-23(26(29)33)25(28)32(30-24)19-7-5-11-31(14-19)15-27/h4,6,8-10,12-13,16,19H,5,7,11,14,28H2,1-3H3,(H2,29,33). The van der Waals surface area contributed by atoms with E-state index in [1.54, 1.807) is 9.58 Å². The Bertz CT molecular complexity index is 1260. The molecule has 1 aliphatic rings. The van der Waals surface area contributed by atoms with Crippen LogP contribution in [0.3, 0.4) is 0 Å². The van der Waals surface area contributed by atoms with Crippen molar-refractivity contribution in [2.45, 2.75) is 45.6 Å². The van der Waals surface area contributed by atoms with Crippen molar-refractivity contribution in [2.24, 2.45) is 5.73 Å². The van der Waals surface area contributed by atoms with Gasteiger partial charge in [-0.3, -0.25) is 4.79 Å². The summed E-state index contributed by atoms with van der Waals surface area (Å²) >= 11 is 0. The molecule has 1 fully saturated rings. The molecule has 0 radical (unpaired) electrons. The smallest absolute Gasteiger partial charge is 0.254 e. The van der Waals surface area contributed by atoms with Gasteiger partial charge in [-0.05, 0) is 61.1 Å². The van der Waals surface area contributed by atoms with Crippen LogP contribution in [-0.2, 0) is 0 Å². The molecule has 176 valence electrons. The summed E-state index contributed by atoms with van der Waals surface area (Å²) in [6, 6.07) is 13.3. The molecule has 4 rings (SSSR count). The third-order valence-corrected chi connectivity index (χ3v) is 6.28. The fourth-order valence-electron chi connectivity index (χ4n) is 4.62. The van der Waals surface area contributed by atoms with Gasteiger partial charge < -0.3 is 21.1 Å². The van der Waals surface area contributed by atoms with Gasteiger partial charge in [-0.25, -0.2) is 4.68 Å². The minimum atomic E-state index is -0.641. The molecule has 34 heavy (non-hydrogen) atoms. The van der Waals surface area contributed by atoms with E-state index in [1.165, 1.54) is 11.1 Å². The van der Waals surface area contributed by atoms with E-state index in [0.29, 0.717) is 36.0 Å². The Labute approximate surface area is 199 Å². The minimum Gasteiger partial charge on any atom is -0.457 e. The van der Waals surface area contributed by atoms with Gasteiger partial charge in [-0.15, -0.1) is 0 Å². The van der Waals surface area contributed by atoms with Gasteiger partial charge >= 0.3 is 0 Å². The lowest BCUT2D eigenvalue weighted by Gasteiger charge is -2.29. The van der Waals surface area contributed by atoms with E-state index in [2.05, 4.69) is 38.1 Å². The predicted molar refractivity (Wildman–Crippen MR) is 131 cm³/mol. The maximum absolute atomic E-state index is 12.3. The number of nitrogens with zero attached hydrogens (tertiary/aromatic N) is 4. The molecule has 1 aliphatic heterocycles. The average Bonchev–Trinajstić information content (AvgIpc) is 3.16. The molecule has 1 saturated heterocycles. The summed E-state index contributed by atoms with van der Waals surface area (Å²) in [5, 5.41) is 14.0. The molecule has 1 atom stereocenters. The highest BCUT2D eigenvalue weighted by Crippen LogP contribution is 2.34. The first-order valence-electron chi connectivity index (χ1n) is 11.5. The second kappa shape index (κ2) is 9.48. The molecule has 8 heteroatoms. The number of primary amides is 1. The molecule has 1 aromatic heterocycles. The predicted octanol–water partition coefficient (Wildman–Crippen LogP) is 4.57. The lowest BCUT2D eigenvalue weighted by molar-refractivity contribution is 0.100. The maximum atomic E-state index is 12.3. The van der Waals surface area contributed by atoms with Crippen LogP contribution in [0.2, 0.25) is 0 Å². The number of hydrogen-bond acceptors (Lipinski definition) is 6. The van der Waals surface area contributed by atoms with Crippen LogP contribution in [0.25, 0.3) is 11.3 Å². The van der Waals surface area contributed by atoms with Crippen LogP contribution in [0, 0.1) is 18.4 Å². The summed E-state index contributed by atoms with van der Waals surface area (Å²) in [5.41, 5.74) is 15.8. The molecule has 4 N–H and O–H groups in total. The second-order valence-electron chi connectivity index (χ2n) is 9.06. The van der Waals surface area contributed by atoms with Crippen molar-refractivity contribution < 1.29 is 9.53 Å². The zero-order valence-electron chi connectivity index (χ0n) is 19.8.